The average molecular weight is 346 g/mol. The Labute approximate surface area is 149 Å². The van der Waals surface area contributed by atoms with Gasteiger partial charge in [0.2, 0.25) is 0 Å². The predicted molar refractivity (Wildman–Crippen MR) is 103 cm³/mol. The second-order valence-electron chi connectivity index (χ2n) is 5.59. The van der Waals surface area contributed by atoms with Crippen molar-refractivity contribution in [2.24, 2.45) is 4.99 Å². The lowest BCUT2D eigenvalue weighted by atomic mass is 10.1. The zero-order chi connectivity index (χ0) is 17.2. The maximum absolute atomic E-state index is 5.67. The first-order valence-corrected chi connectivity index (χ1v) is 9.31. The molecule has 1 atom stereocenters. The first-order chi connectivity index (χ1) is 11.7. The van der Waals surface area contributed by atoms with E-state index in [0.29, 0.717) is 12.5 Å². The summed E-state index contributed by atoms with van der Waals surface area (Å²) >= 11 is 1.80. The highest BCUT2D eigenvalue weighted by atomic mass is 32.1. The third-order valence-corrected chi connectivity index (χ3v) is 4.89. The number of benzene rings is 1. The number of hydrogen-bond acceptors (Lipinski definition) is 3. The van der Waals surface area contributed by atoms with Crippen molar-refractivity contribution >= 4 is 17.3 Å². The third-order valence-electron chi connectivity index (χ3n) is 3.79. The van der Waals surface area contributed by atoms with Gasteiger partial charge in [-0.3, -0.25) is 4.99 Å². The van der Waals surface area contributed by atoms with E-state index in [1.807, 2.05) is 25.1 Å². The normalized spacial score (nSPS) is 12.7. The minimum Gasteiger partial charge on any atom is -0.494 e. The molecule has 130 valence electrons. The number of aliphatic imine (C=N–C) groups is 1. The van der Waals surface area contributed by atoms with Crippen molar-refractivity contribution in [1.82, 2.24) is 10.6 Å². The minimum atomic E-state index is 0.474. The Bertz CT molecular complexity index is 625. The lowest BCUT2D eigenvalue weighted by Crippen LogP contribution is -2.39. The SMILES string of the molecule is CCOc1ccccc1CCNC(=NC)NCC(C)c1cccs1. The van der Waals surface area contributed by atoms with Crippen molar-refractivity contribution in [3.05, 3.63) is 52.2 Å². The van der Waals surface area contributed by atoms with Crippen molar-refractivity contribution in [3.63, 3.8) is 0 Å². The van der Waals surface area contributed by atoms with Crippen LogP contribution in [0.15, 0.2) is 46.8 Å². The van der Waals surface area contributed by atoms with Gasteiger partial charge in [0.1, 0.15) is 5.75 Å². The fourth-order valence-electron chi connectivity index (χ4n) is 2.46. The molecule has 1 unspecified atom stereocenters. The van der Waals surface area contributed by atoms with E-state index in [0.717, 1.165) is 31.2 Å². The molecule has 4 nitrogen and oxygen atoms in total. The molecule has 1 aromatic carbocycles. The van der Waals surface area contributed by atoms with Crippen molar-refractivity contribution in [2.45, 2.75) is 26.2 Å². The van der Waals surface area contributed by atoms with Gasteiger partial charge in [0.15, 0.2) is 5.96 Å². The van der Waals surface area contributed by atoms with Gasteiger partial charge in [-0.05, 0) is 36.4 Å². The highest BCUT2D eigenvalue weighted by Crippen LogP contribution is 2.19. The number of nitrogens with one attached hydrogen (secondary N) is 2. The van der Waals surface area contributed by atoms with Gasteiger partial charge in [-0.1, -0.05) is 31.2 Å². The summed E-state index contributed by atoms with van der Waals surface area (Å²) in [6.07, 6.45) is 0.900. The molecule has 0 radical (unpaired) electrons. The van der Waals surface area contributed by atoms with Gasteiger partial charge in [0.25, 0.3) is 0 Å². The second-order valence-corrected chi connectivity index (χ2v) is 6.57. The molecular formula is C19H27N3OS. The van der Waals surface area contributed by atoms with Crippen LogP contribution in [0.1, 0.15) is 30.2 Å². The number of guanidine groups is 1. The van der Waals surface area contributed by atoms with Crippen LogP contribution >= 0.6 is 11.3 Å². The molecule has 0 saturated carbocycles. The summed E-state index contributed by atoms with van der Waals surface area (Å²) < 4.78 is 5.67. The Kier molecular flexibility index (Phi) is 7.62. The van der Waals surface area contributed by atoms with Crippen molar-refractivity contribution in [1.29, 1.82) is 0 Å². The number of para-hydroxylation sites is 1. The molecule has 2 aromatic rings. The molecule has 0 bridgehead atoms. The van der Waals surface area contributed by atoms with E-state index in [1.165, 1.54) is 10.4 Å². The van der Waals surface area contributed by atoms with Crippen LogP contribution in [0, 0.1) is 0 Å². The molecule has 0 saturated heterocycles. The van der Waals surface area contributed by atoms with E-state index in [4.69, 9.17) is 4.74 Å². The third kappa shape index (κ3) is 5.57. The Hall–Kier alpha value is -2.01. The van der Waals surface area contributed by atoms with Crippen molar-refractivity contribution in [3.8, 4) is 5.75 Å². The smallest absolute Gasteiger partial charge is 0.191 e. The van der Waals surface area contributed by atoms with Gasteiger partial charge in [-0.15, -0.1) is 11.3 Å². The molecule has 24 heavy (non-hydrogen) atoms. The molecule has 0 fully saturated rings. The minimum absolute atomic E-state index is 0.474. The van der Waals surface area contributed by atoms with Crippen LogP contribution in [-0.4, -0.2) is 32.7 Å². The van der Waals surface area contributed by atoms with E-state index in [1.54, 1.807) is 18.4 Å². The van der Waals surface area contributed by atoms with Crippen LogP contribution in [-0.2, 0) is 6.42 Å². The number of hydrogen-bond donors (Lipinski definition) is 2. The zero-order valence-electron chi connectivity index (χ0n) is 14.7. The Morgan fingerprint density at radius 2 is 2.04 bits per heavy atom. The van der Waals surface area contributed by atoms with Gasteiger partial charge < -0.3 is 15.4 Å². The highest BCUT2D eigenvalue weighted by Gasteiger charge is 2.08. The summed E-state index contributed by atoms with van der Waals surface area (Å²) in [6.45, 7) is 6.61. The van der Waals surface area contributed by atoms with Crippen LogP contribution in [0.4, 0.5) is 0 Å². The lowest BCUT2D eigenvalue weighted by Gasteiger charge is -2.16. The quantitative estimate of drug-likeness (QED) is 0.567. The molecule has 1 heterocycles. The van der Waals surface area contributed by atoms with Gasteiger partial charge in [-0.25, -0.2) is 0 Å². The molecule has 0 spiro atoms. The molecule has 0 amide bonds. The monoisotopic (exact) mass is 345 g/mol. The number of thiophene rings is 1. The second kappa shape index (κ2) is 9.98. The molecule has 2 rings (SSSR count). The van der Waals surface area contributed by atoms with E-state index >= 15 is 0 Å². The largest absolute Gasteiger partial charge is 0.494 e. The van der Waals surface area contributed by atoms with E-state index in [-0.39, 0.29) is 0 Å². The van der Waals surface area contributed by atoms with Crippen LogP contribution in [0.2, 0.25) is 0 Å². The van der Waals surface area contributed by atoms with E-state index in [9.17, 15) is 0 Å². The van der Waals surface area contributed by atoms with Crippen LogP contribution in [0.25, 0.3) is 0 Å². The highest BCUT2D eigenvalue weighted by molar-refractivity contribution is 7.10. The standard InChI is InChI=1S/C19H27N3OS/c1-4-23-17-9-6-5-8-16(17)11-12-21-19(20-3)22-14-15(2)18-10-7-13-24-18/h5-10,13,15H,4,11-12,14H2,1-3H3,(H2,20,21,22). The Balaban J connectivity index is 1.78. The van der Waals surface area contributed by atoms with E-state index < -0.39 is 0 Å². The molecule has 0 aliphatic carbocycles. The van der Waals surface area contributed by atoms with Crippen LogP contribution in [0.5, 0.6) is 5.75 Å². The summed E-state index contributed by atoms with van der Waals surface area (Å²) in [7, 11) is 1.80. The van der Waals surface area contributed by atoms with Gasteiger partial charge >= 0.3 is 0 Å². The van der Waals surface area contributed by atoms with E-state index in [2.05, 4.69) is 46.1 Å². The fourth-order valence-corrected chi connectivity index (χ4v) is 3.25. The fraction of sp³-hybridized carbons (Fsp3) is 0.421. The Morgan fingerprint density at radius 3 is 2.75 bits per heavy atom. The zero-order valence-corrected chi connectivity index (χ0v) is 15.5. The van der Waals surface area contributed by atoms with Gasteiger partial charge in [-0.2, -0.15) is 0 Å². The summed E-state index contributed by atoms with van der Waals surface area (Å²) in [6, 6.07) is 12.5. The maximum Gasteiger partial charge on any atom is 0.191 e. The molecule has 5 heteroatoms. The van der Waals surface area contributed by atoms with Crippen LogP contribution < -0.4 is 15.4 Å². The first-order valence-electron chi connectivity index (χ1n) is 8.43. The molecule has 2 N–H and O–H groups in total. The summed E-state index contributed by atoms with van der Waals surface area (Å²) in [5.74, 6) is 2.28. The topological polar surface area (TPSA) is 45.6 Å². The van der Waals surface area contributed by atoms with Crippen molar-refractivity contribution in [2.75, 3.05) is 26.7 Å². The number of nitrogens with zero attached hydrogens (tertiary/aromatic N) is 1. The average Bonchev–Trinajstić information content (AvgIpc) is 3.14. The first kappa shape index (κ1) is 18.3. The maximum atomic E-state index is 5.67. The molecular weight excluding hydrogens is 318 g/mol. The number of rotatable bonds is 8. The summed E-state index contributed by atoms with van der Waals surface area (Å²) in [4.78, 5) is 5.69. The summed E-state index contributed by atoms with van der Waals surface area (Å²) in [5, 5.41) is 8.89. The number of ether oxygens (including phenoxy) is 1. The van der Waals surface area contributed by atoms with Crippen molar-refractivity contribution < 1.29 is 4.74 Å². The molecule has 1 aromatic heterocycles. The van der Waals surface area contributed by atoms with Crippen LogP contribution in [0.3, 0.4) is 0 Å². The molecule has 0 aliphatic heterocycles. The summed E-state index contributed by atoms with van der Waals surface area (Å²) in [5.41, 5.74) is 1.22. The predicted octanol–water partition coefficient (Wildman–Crippen LogP) is 3.66. The van der Waals surface area contributed by atoms with Gasteiger partial charge in [0, 0.05) is 30.9 Å². The lowest BCUT2D eigenvalue weighted by molar-refractivity contribution is 0.336. The van der Waals surface area contributed by atoms with Gasteiger partial charge in [0.05, 0.1) is 6.61 Å². The Morgan fingerprint density at radius 1 is 1.21 bits per heavy atom. The molecule has 0 aliphatic rings.